The Balaban J connectivity index is 1.64. The SMILES string of the molecule is CC/C=C\C/C=C\C/C=C\C/C=C\CCCCCCCCCCCCCCCCCCC(=O)NC(COC1OC(CO)C(OC2OC(CO)C(O)C(O)C2O)C(O)C1O)C(O)/C=C/CC/C=C/CCCCCCCCCCCCCCCCCCCCCCCCCCC. The van der Waals surface area contributed by atoms with Gasteiger partial charge in [0.25, 0.3) is 0 Å². The number of unbranched alkanes of at least 4 members (excludes halogenated alkanes) is 42. The molecule has 0 bridgehead atoms. The maximum Gasteiger partial charge on any atom is 0.220 e. The van der Waals surface area contributed by atoms with E-state index in [4.69, 9.17) is 18.9 Å². The summed E-state index contributed by atoms with van der Waals surface area (Å²) in [6, 6.07) is -0.936. The Labute approximate surface area is 574 Å². The van der Waals surface area contributed by atoms with Crippen LogP contribution in [0.2, 0.25) is 0 Å². The molecule has 0 spiro atoms. The molecule has 2 fully saturated rings. The number of carbonyl (C=O) groups excluding carboxylic acids is 1. The van der Waals surface area contributed by atoms with E-state index in [1.807, 2.05) is 6.08 Å². The van der Waals surface area contributed by atoms with Crippen LogP contribution in [0, 0.1) is 0 Å². The summed E-state index contributed by atoms with van der Waals surface area (Å²) in [7, 11) is 0. The standard InChI is InChI=1S/C80H145NO13/c1-3-5-7-9-11-13-15-17-19-21-23-25-27-29-31-33-34-36-37-39-41-43-45-47-49-51-53-55-57-59-61-63-69(84)68(67-91-79-77(90)75(88)78(71(66-83)93-79)94-80-76(89)74(87)73(86)70(65-82)92-80)81-72(85)64-62-60-58-56-54-52-50-48-46-44-42-40-38-35-32-30-28-26-24-22-20-18-16-14-12-10-8-6-4-2/h6,8,12,14,18,20,24,26,53,55,61,63,68-71,73-80,82-84,86-90H,3-5,7,9-11,13,15-17,19,21-23,25,27-52,54,56-60,62,64-67H2,1-2H3,(H,81,85)/b8-6-,14-12-,20-18-,26-24-,55-53+,63-61+. The van der Waals surface area contributed by atoms with Crippen LogP contribution in [0.5, 0.6) is 0 Å². The van der Waals surface area contributed by atoms with Gasteiger partial charge >= 0.3 is 0 Å². The normalized spacial score (nSPS) is 22.8. The van der Waals surface area contributed by atoms with Gasteiger partial charge in [-0.3, -0.25) is 4.79 Å². The molecule has 94 heavy (non-hydrogen) atoms. The van der Waals surface area contributed by atoms with Crippen molar-refractivity contribution in [3.63, 3.8) is 0 Å². The summed E-state index contributed by atoms with van der Waals surface area (Å²) >= 11 is 0. The molecule has 0 aromatic heterocycles. The first-order chi connectivity index (χ1) is 46.1. The van der Waals surface area contributed by atoms with E-state index in [2.05, 4.69) is 79.9 Å². The second-order valence-electron chi connectivity index (χ2n) is 27.4. The molecular weight excluding hydrogens is 1180 g/mol. The molecule has 0 aliphatic carbocycles. The van der Waals surface area contributed by atoms with E-state index in [-0.39, 0.29) is 18.9 Å². The van der Waals surface area contributed by atoms with Crippen molar-refractivity contribution >= 4 is 5.91 Å². The first-order valence-corrected chi connectivity index (χ1v) is 39.2. The first-order valence-electron chi connectivity index (χ1n) is 39.2. The fourth-order valence-electron chi connectivity index (χ4n) is 12.7. The highest BCUT2D eigenvalue weighted by atomic mass is 16.7. The van der Waals surface area contributed by atoms with Gasteiger partial charge in [0.15, 0.2) is 12.6 Å². The molecule has 12 atom stereocenters. The number of amides is 1. The summed E-state index contributed by atoms with van der Waals surface area (Å²) in [6.07, 6.45) is 71.2. The van der Waals surface area contributed by atoms with E-state index >= 15 is 0 Å². The highest BCUT2D eigenvalue weighted by Gasteiger charge is 2.51. The second-order valence-corrected chi connectivity index (χ2v) is 27.4. The Bertz CT molecular complexity index is 1860. The monoisotopic (exact) mass is 1330 g/mol. The van der Waals surface area contributed by atoms with Crippen molar-refractivity contribution in [2.75, 3.05) is 19.8 Å². The minimum atomic E-state index is -1.79. The summed E-state index contributed by atoms with van der Waals surface area (Å²) in [5, 5.41) is 87.6. The summed E-state index contributed by atoms with van der Waals surface area (Å²) in [5.74, 6) is -0.246. The maximum absolute atomic E-state index is 13.4. The number of hydrogen-bond acceptors (Lipinski definition) is 13. The fourth-order valence-corrected chi connectivity index (χ4v) is 12.7. The van der Waals surface area contributed by atoms with Crippen molar-refractivity contribution in [2.45, 2.75) is 408 Å². The highest BCUT2D eigenvalue weighted by molar-refractivity contribution is 5.76. The minimum absolute atomic E-state index is 0.246. The highest BCUT2D eigenvalue weighted by Crippen LogP contribution is 2.30. The average molecular weight is 1330 g/mol. The number of nitrogens with one attached hydrogen (secondary N) is 1. The van der Waals surface area contributed by atoms with E-state index in [0.29, 0.717) is 12.8 Å². The lowest BCUT2D eigenvalue weighted by Gasteiger charge is -2.46. The number of aliphatic hydroxyl groups is 8. The predicted octanol–water partition coefficient (Wildman–Crippen LogP) is 17.4. The van der Waals surface area contributed by atoms with Crippen LogP contribution in [-0.2, 0) is 23.7 Å². The zero-order chi connectivity index (χ0) is 68.0. The summed E-state index contributed by atoms with van der Waals surface area (Å²) in [5.41, 5.74) is 0. The van der Waals surface area contributed by atoms with Crippen LogP contribution < -0.4 is 5.32 Å². The van der Waals surface area contributed by atoms with Crippen LogP contribution in [0.15, 0.2) is 72.9 Å². The van der Waals surface area contributed by atoms with E-state index < -0.39 is 86.8 Å². The molecule has 0 saturated carbocycles. The van der Waals surface area contributed by atoms with Crippen LogP contribution in [0.3, 0.4) is 0 Å². The molecule has 14 nitrogen and oxygen atoms in total. The Morgan fingerprint density at radius 2 is 0.745 bits per heavy atom. The minimum Gasteiger partial charge on any atom is -0.394 e. The summed E-state index contributed by atoms with van der Waals surface area (Å²) in [6.45, 7) is 2.72. The van der Waals surface area contributed by atoms with Gasteiger partial charge in [-0.15, -0.1) is 0 Å². The number of allylic oxidation sites excluding steroid dienone is 11. The Morgan fingerprint density at radius 3 is 1.17 bits per heavy atom. The number of hydrogen-bond donors (Lipinski definition) is 9. The lowest BCUT2D eigenvalue weighted by Crippen LogP contribution is -2.65. The average Bonchev–Trinajstić information content (AvgIpc) is 0.794. The van der Waals surface area contributed by atoms with Crippen molar-refractivity contribution in [3.05, 3.63) is 72.9 Å². The predicted molar refractivity (Wildman–Crippen MR) is 387 cm³/mol. The molecule has 12 unspecified atom stereocenters. The zero-order valence-corrected chi connectivity index (χ0v) is 60.0. The molecular formula is C80H145NO13. The maximum atomic E-state index is 13.4. The third kappa shape index (κ3) is 46.7. The molecule has 2 aliphatic heterocycles. The third-order valence-electron chi connectivity index (χ3n) is 18.9. The molecule has 14 heteroatoms. The molecule has 2 aliphatic rings. The molecule has 0 radical (unpaired) electrons. The summed E-state index contributed by atoms with van der Waals surface area (Å²) in [4.78, 5) is 13.4. The number of rotatable bonds is 65. The van der Waals surface area contributed by atoms with Crippen LogP contribution in [-0.4, -0.2) is 140 Å². The van der Waals surface area contributed by atoms with Crippen LogP contribution in [0.25, 0.3) is 0 Å². The van der Waals surface area contributed by atoms with Gasteiger partial charge in [-0.05, 0) is 70.6 Å². The van der Waals surface area contributed by atoms with E-state index in [9.17, 15) is 45.6 Å². The van der Waals surface area contributed by atoms with Gasteiger partial charge in [0.1, 0.15) is 48.8 Å². The van der Waals surface area contributed by atoms with Gasteiger partial charge in [-0.2, -0.15) is 0 Å². The van der Waals surface area contributed by atoms with Crippen molar-refractivity contribution in [2.24, 2.45) is 0 Å². The fraction of sp³-hybridized carbons (Fsp3) is 0.838. The lowest BCUT2D eigenvalue weighted by atomic mass is 9.97. The van der Waals surface area contributed by atoms with E-state index in [1.165, 1.54) is 244 Å². The van der Waals surface area contributed by atoms with Gasteiger partial charge < -0.3 is 65.1 Å². The van der Waals surface area contributed by atoms with Crippen LogP contribution in [0.4, 0.5) is 0 Å². The number of aliphatic hydroxyl groups excluding tert-OH is 8. The molecule has 2 rings (SSSR count). The van der Waals surface area contributed by atoms with Gasteiger partial charge in [-0.1, -0.05) is 331 Å². The largest absolute Gasteiger partial charge is 0.394 e. The van der Waals surface area contributed by atoms with Crippen molar-refractivity contribution < 1.29 is 64.6 Å². The van der Waals surface area contributed by atoms with E-state index in [1.54, 1.807) is 6.08 Å². The van der Waals surface area contributed by atoms with Gasteiger partial charge in [0, 0.05) is 6.42 Å². The lowest BCUT2D eigenvalue weighted by molar-refractivity contribution is -0.359. The van der Waals surface area contributed by atoms with Crippen molar-refractivity contribution in [3.8, 4) is 0 Å². The second kappa shape index (κ2) is 63.8. The zero-order valence-electron chi connectivity index (χ0n) is 60.0. The molecule has 0 aromatic rings. The van der Waals surface area contributed by atoms with Gasteiger partial charge in [0.2, 0.25) is 5.91 Å². The smallest absolute Gasteiger partial charge is 0.220 e. The number of carbonyl (C=O) groups is 1. The topological polar surface area (TPSA) is 228 Å². The molecule has 0 aromatic carbocycles. The van der Waals surface area contributed by atoms with E-state index in [0.717, 1.165) is 57.8 Å². The third-order valence-corrected chi connectivity index (χ3v) is 18.9. The molecule has 9 N–H and O–H groups in total. The van der Waals surface area contributed by atoms with Crippen molar-refractivity contribution in [1.82, 2.24) is 5.32 Å². The van der Waals surface area contributed by atoms with Gasteiger partial charge in [0.05, 0.1) is 32.0 Å². The molecule has 1 amide bonds. The molecule has 2 heterocycles. The molecule has 548 valence electrons. The van der Waals surface area contributed by atoms with Crippen molar-refractivity contribution in [1.29, 1.82) is 0 Å². The first kappa shape index (κ1) is 87.5. The van der Waals surface area contributed by atoms with Crippen LogP contribution in [0.1, 0.15) is 335 Å². The Kier molecular flexibility index (Phi) is 59.4. The quantitative estimate of drug-likeness (QED) is 0.0204. The van der Waals surface area contributed by atoms with Gasteiger partial charge in [-0.25, -0.2) is 0 Å². The molecule has 2 saturated heterocycles. The number of ether oxygens (including phenoxy) is 4. The Morgan fingerprint density at radius 1 is 0.394 bits per heavy atom. The summed E-state index contributed by atoms with van der Waals surface area (Å²) < 4.78 is 22.9. The Hall–Kier alpha value is -2.57. The van der Waals surface area contributed by atoms with Crippen LogP contribution >= 0.6 is 0 Å².